The molecule has 6 aromatic rings. The third-order valence-corrected chi connectivity index (χ3v) is 9.47. The number of Topliss-reactive ketones (excluding diaryl/α,β-unsaturated/α-hetero) is 1. The van der Waals surface area contributed by atoms with Crippen LogP contribution in [0.3, 0.4) is 0 Å². The van der Waals surface area contributed by atoms with Crippen molar-refractivity contribution in [1.29, 1.82) is 0 Å². The van der Waals surface area contributed by atoms with Gasteiger partial charge in [0.05, 0.1) is 5.38 Å². The zero-order valence-corrected chi connectivity index (χ0v) is 28.5. The molecule has 0 aliphatic carbocycles. The van der Waals surface area contributed by atoms with Crippen LogP contribution in [0.5, 0.6) is 0 Å². The first-order valence-electron chi connectivity index (χ1n) is 15.3. The number of carbonyl (C=O) groups excluding carboxylic acids is 1. The lowest BCUT2D eigenvalue weighted by molar-refractivity contribution is -0.381. The molecule has 24 heteroatoms. The van der Waals surface area contributed by atoms with Crippen LogP contribution in [0.4, 0.5) is 87.8 Å². The van der Waals surface area contributed by atoms with Crippen LogP contribution in [0.1, 0.15) is 15.4 Å². The number of benzene rings is 5. The minimum atomic E-state index is -7.22. The average molecular weight is 883 g/mol. The standard InChI is InChI=1S/C24BF20.C11H9NOS/c26-5-1(6(27)14(35)21(42)13(5)34)25(2-7(28)15(36)22(43)16(37)8(2)29,3-9(30)17(38)23(44)18(39)10(3)31)4-11(32)19(40)24(45)20(41)12(4)33;13-10(8-11-12-6-7-14-11)9-4-2-1-3-5-9/h;1-7H,8H2/q-1;/p+1. The molecular formula is C35H10BF20NOS. The number of H-pyrrole nitrogens is 1. The number of ketones is 1. The highest BCUT2D eigenvalue weighted by Gasteiger charge is 2.52. The topological polar surface area (TPSA) is 31.2 Å². The Labute approximate surface area is 317 Å². The van der Waals surface area contributed by atoms with Gasteiger partial charge in [-0.3, -0.25) is 4.79 Å². The molecule has 0 amide bonds. The van der Waals surface area contributed by atoms with Crippen LogP contribution in [-0.2, 0) is 6.42 Å². The highest BCUT2D eigenvalue weighted by molar-refractivity contribution is 7.20. The van der Waals surface area contributed by atoms with E-state index >= 15 is 35.1 Å². The fourth-order valence-corrected chi connectivity index (χ4v) is 6.77. The number of thiazole rings is 1. The molecule has 0 saturated carbocycles. The van der Waals surface area contributed by atoms with Gasteiger partial charge in [-0.05, 0) is 0 Å². The molecule has 0 spiro atoms. The van der Waals surface area contributed by atoms with Crippen molar-refractivity contribution >= 4 is 45.1 Å². The summed E-state index contributed by atoms with van der Waals surface area (Å²) in [5.74, 6) is -71.2. The van der Waals surface area contributed by atoms with Crippen LogP contribution in [0.25, 0.3) is 0 Å². The molecular weight excluding hydrogens is 873 g/mol. The van der Waals surface area contributed by atoms with E-state index in [1.165, 1.54) is 0 Å². The molecule has 0 saturated heterocycles. The molecule has 0 aliphatic rings. The largest absolute Gasteiger partial charge is 0.294 e. The summed E-state index contributed by atoms with van der Waals surface area (Å²) in [5, 5.41) is 2.94. The van der Waals surface area contributed by atoms with Gasteiger partial charge in [-0.25, -0.2) is 92.8 Å². The first kappa shape index (κ1) is 44.2. The van der Waals surface area contributed by atoms with E-state index in [-0.39, 0.29) is 5.78 Å². The zero-order valence-electron chi connectivity index (χ0n) is 27.7. The van der Waals surface area contributed by atoms with Gasteiger partial charge in [-0.2, -0.15) is 0 Å². The minimum absolute atomic E-state index is 0.157. The average Bonchev–Trinajstić information content (AvgIpc) is 3.74. The van der Waals surface area contributed by atoms with Crippen molar-refractivity contribution in [2.45, 2.75) is 6.42 Å². The van der Waals surface area contributed by atoms with E-state index in [9.17, 15) is 57.5 Å². The van der Waals surface area contributed by atoms with Crippen molar-refractivity contribution in [2.24, 2.45) is 0 Å². The van der Waals surface area contributed by atoms with Gasteiger partial charge in [-0.1, -0.05) is 41.7 Å². The normalized spacial score (nSPS) is 11.5. The molecule has 0 fully saturated rings. The Morgan fingerprint density at radius 2 is 0.661 bits per heavy atom. The predicted octanol–water partition coefficient (Wildman–Crippen LogP) is 7.83. The molecule has 59 heavy (non-hydrogen) atoms. The van der Waals surface area contributed by atoms with E-state index in [4.69, 9.17) is 0 Å². The third-order valence-electron chi connectivity index (χ3n) is 8.65. The molecule has 1 N–H and O–H groups in total. The highest BCUT2D eigenvalue weighted by Crippen LogP contribution is 2.30. The summed E-state index contributed by atoms with van der Waals surface area (Å²) >= 11 is 1.57. The van der Waals surface area contributed by atoms with Gasteiger partial charge in [-0.15, -0.1) is 21.9 Å². The Kier molecular flexibility index (Phi) is 12.3. The maximum Gasteiger partial charge on any atom is 0.243 e. The minimum Gasteiger partial charge on any atom is -0.294 e. The van der Waals surface area contributed by atoms with Crippen molar-refractivity contribution in [3.8, 4) is 0 Å². The number of rotatable bonds is 7. The smallest absolute Gasteiger partial charge is 0.243 e. The van der Waals surface area contributed by atoms with Crippen LogP contribution in [0, 0.1) is 116 Å². The lowest BCUT2D eigenvalue weighted by Crippen LogP contribution is -2.81. The fourth-order valence-electron chi connectivity index (χ4n) is 6.12. The van der Waals surface area contributed by atoms with Gasteiger partial charge in [0.1, 0.15) is 59.1 Å². The van der Waals surface area contributed by atoms with E-state index in [0.717, 1.165) is 10.6 Å². The van der Waals surface area contributed by atoms with Gasteiger partial charge >= 0.3 is 0 Å². The maximum absolute atomic E-state index is 15.4. The van der Waals surface area contributed by atoms with Gasteiger partial charge in [0.15, 0.2) is 81.8 Å². The summed E-state index contributed by atoms with van der Waals surface area (Å²) in [6, 6.07) is 9.36. The molecule has 0 unspecified atom stereocenters. The van der Waals surface area contributed by atoms with E-state index in [2.05, 4.69) is 4.98 Å². The summed E-state index contributed by atoms with van der Waals surface area (Å²) in [4.78, 5) is 14.7. The Bertz CT molecular complexity index is 2280. The first-order chi connectivity index (χ1) is 27.6. The monoisotopic (exact) mass is 883 g/mol. The van der Waals surface area contributed by atoms with Crippen LogP contribution in [0.15, 0.2) is 41.9 Å². The summed E-state index contributed by atoms with van der Waals surface area (Å²) in [6.45, 7) is 0. The number of hydrogen-bond donors (Lipinski definition) is 0. The number of hydrogen-bond acceptors (Lipinski definition) is 2. The molecule has 0 bridgehead atoms. The van der Waals surface area contributed by atoms with Crippen molar-refractivity contribution < 1.29 is 97.6 Å². The van der Waals surface area contributed by atoms with Crippen molar-refractivity contribution in [3.05, 3.63) is 169 Å². The Morgan fingerprint density at radius 1 is 0.407 bits per heavy atom. The number of halogens is 20. The zero-order chi connectivity index (χ0) is 44.2. The lowest BCUT2D eigenvalue weighted by atomic mass is 9.12. The molecule has 0 atom stereocenters. The summed E-state index contributed by atoms with van der Waals surface area (Å²) in [7, 11) is 0. The summed E-state index contributed by atoms with van der Waals surface area (Å²) in [6.07, 6.45) is -4.91. The van der Waals surface area contributed by atoms with Crippen LogP contribution < -0.4 is 26.8 Å². The van der Waals surface area contributed by atoms with Gasteiger partial charge in [0, 0.05) is 5.56 Å². The summed E-state index contributed by atoms with van der Waals surface area (Å²) < 4.78 is 294. The Hall–Kier alpha value is -5.94. The fraction of sp³-hybridized carbons (Fsp3) is 0.0286. The third kappa shape index (κ3) is 6.95. The number of aromatic amines is 1. The summed E-state index contributed by atoms with van der Waals surface area (Å²) in [5.41, 5.74) is -13.6. The lowest BCUT2D eigenvalue weighted by Gasteiger charge is -2.44. The predicted molar refractivity (Wildman–Crippen MR) is 165 cm³/mol. The SMILES string of the molecule is Fc1c(F)c(F)c([B-](c2c(F)c(F)c(F)c(F)c2F)(c2c(F)c(F)c(F)c(F)c2F)c2c(F)c(F)c(F)c(F)c2F)c(F)c1F.O=C(Cc1[nH+]ccs1)c1ccccc1. The molecule has 310 valence electrons. The van der Waals surface area contributed by atoms with Gasteiger partial charge in [0.25, 0.3) is 0 Å². The van der Waals surface area contributed by atoms with Crippen molar-refractivity contribution in [3.63, 3.8) is 0 Å². The van der Waals surface area contributed by atoms with Crippen molar-refractivity contribution in [1.82, 2.24) is 0 Å². The van der Waals surface area contributed by atoms with E-state index < -0.39 is 144 Å². The molecule has 6 rings (SSSR count). The van der Waals surface area contributed by atoms with Crippen LogP contribution in [-0.4, -0.2) is 11.9 Å². The first-order valence-corrected chi connectivity index (χ1v) is 16.2. The second-order valence-corrected chi connectivity index (χ2v) is 12.8. The highest BCUT2D eigenvalue weighted by atomic mass is 32.1. The molecule has 1 aromatic heterocycles. The quantitative estimate of drug-likeness (QED) is 0.0530. The molecule has 0 radical (unpaired) electrons. The molecule has 0 aliphatic heterocycles. The van der Waals surface area contributed by atoms with E-state index in [1.807, 2.05) is 41.9 Å². The number of aromatic nitrogens is 1. The van der Waals surface area contributed by atoms with Crippen LogP contribution >= 0.6 is 11.3 Å². The van der Waals surface area contributed by atoms with Gasteiger partial charge in [0.2, 0.25) is 5.01 Å². The number of nitrogens with one attached hydrogen (secondary N) is 1. The van der Waals surface area contributed by atoms with Crippen molar-refractivity contribution in [2.75, 3.05) is 0 Å². The van der Waals surface area contributed by atoms with Gasteiger partial charge < -0.3 is 0 Å². The van der Waals surface area contributed by atoms with E-state index in [1.54, 1.807) is 11.3 Å². The van der Waals surface area contributed by atoms with Crippen LogP contribution in [0.2, 0.25) is 0 Å². The second kappa shape index (κ2) is 16.4. The molecule has 2 nitrogen and oxygen atoms in total. The second-order valence-electron chi connectivity index (χ2n) is 11.8. The maximum atomic E-state index is 15.4. The Balaban J connectivity index is 0.000000395. The Morgan fingerprint density at radius 3 is 0.898 bits per heavy atom. The number of carbonyl (C=O) groups is 1. The van der Waals surface area contributed by atoms with E-state index in [0.29, 0.717) is 6.42 Å². The molecule has 1 heterocycles. The molecule has 5 aromatic carbocycles.